The summed E-state index contributed by atoms with van der Waals surface area (Å²) in [6.45, 7) is 0.206. The lowest BCUT2D eigenvalue weighted by Crippen LogP contribution is -2.25. The monoisotopic (exact) mass is 310 g/mol. The third kappa shape index (κ3) is 5.29. The Morgan fingerprint density at radius 3 is 2.30 bits per heavy atom. The first-order chi connectivity index (χ1) is 11.0. The molecule has 0 unspecified atom stereocenters. The van der Waals surface area contributed by atoms with Gasteiger partial charge in [0.05, 0.1) is 13.0 Å². The van der Waals surface area contributed by atoms with Crippen molar-refractivity contribution in [2.45, 2.75) is 6.42 Å². The second-order valence-corrected chi connectivity index (χ2v) is 4.82. The maximum absolute atomic E-state index is 12.8. The summed E-state index contributed by atoms with van der Waals surface area (Å²) in [5.74, 6) is 4.68. The Bertz CT molecular complexity index is 756. The first kappa shape index (κ1) is 16.2. The number of hydrogen-bond acceptors (Lipinski definition) is 2. The maximum Gasteiger partial charge on any atom is 0.248 e. The molecule has 2 aromatic carbocycles. The zero-order valence-corrected chi connectivity index (χ0v) is 12.3. The minimum absolute atomic E-state index is 0.176. The van der Waals surface area contributed by atoms with E-state index in [-0.39, 0.29) is 24.7 Å². The highest BCUT2D eigenvalue weighted by molar-refractivity contribution is 5.92. The Hall–Kier alpha value is -3.13. The highest BCUT2D eigenvalue weighted by atomic mass is 19.1. The van der Waals surface area contributed by atoms with Gasteiger partial charge in [-0.3, -0.25) is 9.59 Å². The number of primary amides is 1. The molecule has 0 aromatic heterocycles. The van der Waals surface area contributed by atoms with E-state index < -0.39 is 5.91 Å². The first-order valence-corrected chi connectivity index (χ1v) is 6.94. The van der Waals surface area contributed by atoms with Crippen LogP contribution in [0.25, 0.3) is 0 Å². The molecule has 23 heavy (non-hydrogen) atoms. The van der Waals surface area contributed by atoms with Crippen molar-refractivity contribution >= 4 is 11.8 Å². The summed E-state index contributed by atoms with van der Waals surface area (Å²) < 4.78 is 12.8. The summed E-state index contributed by atoms with van der Waals surface area (Å²) in [5, 5.41) is 2.67. The van der Waals surface area contributed by atoms with Crippen molar-refractivity contribution < 1.29 is 14.0 Å². The van der Waals surface area contributed by atoms with E-state index in [4.69, 9.17) is 5.73 Å². The molecule has 0 radical (unpaired) electrons. The number of rotatable bonds is 4. The number of amides is 2. The highest BCUT2D eigenvalue weighted by Gasteiger charge is 2.02. The molecule has 0 fully saturated rings. The number of carbonyl (C=O) groups is 2. The molecule has 5 heteroatoms. The molecule has 0 heterocycles. The fourth-order valence-electron chi connectivity index (χ4n) is 1.86. The van der Waals surface area contributed by atoms with Crippen LogP contribution < -0.4 is 11.1 Å². The Kier molecular flexibility index (Phi) is 5.48. The molecule has 2 rings (SSSR count). The number of nitrogens with two attached hydrogens (primary N) is 1. The van der Waals surface area contributed by atoms with Gasteiger partial charge in [-0.2, -0.15) is 0 Å². The second-order valence-electron chi connectivity index (χ2n) is 4.82. The lowest BCUT2D eigenvalue weighted by atomic mass is 10.1. The lowest BCUT2D eigenvalue weighted by molar-refractivity contribution is -0.120. The van der Waals surface area contributed by atoms with E-state index >= 15 is 0 Å². The van der Waals surface area contributed by atoms with E-state index in [0.717, 1.165) is 11.1 Å². The van der Waals surface area contributed by atoms with Crippen molar-refractivity contribution in [3.63, 3.8) is 0 Å². The molecule has 0 aliphatic rings. The average molecular weight is 310 g/mol. The normalized spacial score (nSPS) is 9.61. The number of benzene rings is 2. The quantitative estimate of drug-likeness (QED) is 0.843. The molecule has 4 nitrogen and oxygen atoms in total. The molecule has 0 spiro atoms. The summed E-state index contributed by atoms with van der Waals surface area (Å²) in [7, 11) is 0. The summed E-state index contributed by atoms with van der Waals surface area (Å²) in [6, 6.07) is 12.3. The molecule has 0 saturated heterocycles. The molecule has 3 N–H and O–H groups in total. The maximum atomic E-state index is 12.8. The summed E-state index contributed by atoms with van der Waals surface area (Å²) in [6.07, 6.45) is 0.176. The predicted octanol–water partition coefficient (Wildman–Crippen LogP) is 1.63. The zero-order valence-electron chi connectivity index (χ0n) is 12.3. The van der Waals surface area contributed by atoms with Crippen molar-refractivity contribution in [2.24, 2.45) is 5.73 Å². The Morgan fingerprint density at radius 1 is 1.04 bits per heavy atom. The van der Waals surface area contributed by atoms with Gasteiger partial charge in [-0.05, 0) is 42.0 Å². The SMILES string of the molecule is NC(=O)c1ccc(C#CCNC(=O)Cc2ccc(F)cc2)cc1. The van der Waals surface area contributed by atoms with Crippen molar-refractivity contribution in [1.82, 2.24) is 5.32 Å². The molecule has 0 bridgehead atoms. The minimum Gasteiger partial charge on any atom is -0.366 e. The molecular formula is C18H15FN2O2. The van der Waals surface area contributed by atoms with Crippen LogP contribution in [0.2, 0.25) is 0 Å². The van der Waals surface area contributed by atoms with E-state index in [0.29, 0.717) is 5.56 Å². The van der Waals surface area contributed by atoms with E-state index in [2.05, 4.69) is 17.2 Å². The average Bonchev–Trinajstić information content (AvgIpc) is 2.54. The van der Waals surface area contributed by atoms with Gasteiger partial charge in [0.25, 0.3) is 0 Å². The minimum atomic E-state index is -0.488. The molecule has 0 aliphatic carbocycles. The van der Waals surface area contributed by atoms with Crippen LogP contribution in [0, 0.1) is 17.7 Å². The van der Waals surface area contributed by atoms with Gasteiger partial charge in [0, 0.05) is 11.1 Å². The van der Waals surface area contributed by atoms with Crippen molar-refractivity contribution in [3.8, 4) is 11.8 Å². The Labute approximate surface area is 133 Å². The van der Waals surface area contributed by atoms with Gasteiger partial charge in [-0.1, -0.05) is 24.0 Å². The van der Waals surface area contributed by atoms with Gasteiger partial charge in [0.2, 0.25) is 11.8 Å². The second kappa shape index (κ2) is 7.76. The fourth-order valence-corrected chi connectivity index (χ4v) is 1.86. The standard InChI is InChI=1S/C18H15FN2O2/c19-16-9-5-14(6-10-16)12-17(22)21-11-1-2-13-3-7-15(8-4-13)18(20)23/h3-10H,11-12H2,(H2,20,23)(H,21,22). The third-order valence-electron chi connectivity index (χ3n) is 3.05. The van der Waals surface area contributed by atoms with Crippen LogP contribution in [0.4, 0.5) is 4.39 Å². The Morgan fingerprint density at radius 2 is 1.70 bits per heavy atom. The number of hydrogen-bond donors (Lipinski definition) is 2. The van der Waals surface area contributed by atoms with Crippen molar-refractivity contribution in [3.05, 3.63) is 71.0 Å². The fraction of sp³-hybridized carbons (Fsp3) is 0.111. The lowest BCUT2D eigenvalue weighted by Gasteiger charge is -2.01. The largest absolute Gasteiger partial charge is 0.366 e. The van der Waals surface area contributed by atoms with Gasteiger partial charge >= 0.3 is 0 Å². The topological polar surface area (TPSA) is 72.2 Å². The van der Waals surface area contributed by atoms with E-state index in [9.17, 15) is 14.0 Å². The van der Waals surface area contributed by atoms with Crippen LogP contribution in [-0.4, -0.2) is 18.4 Å². The van der Waals surface area contributed by atoms with Gasteiger partial charge in [0.1, 0.15) is 5.82 Å². The predicted molar refractivity (Wildman–Crippen MR) is 85.0 cm³/mol. The van der Waals surface area contributed by atoms with Gasteiger partial charge in [-0.25, -0.2) is 4.39 Å². The molecule has 0 saturated carbocycles. The molecular weight excluding hydrogens is 295 g/mol. The van der Waals surface area contributed by atoms with Crippen LogP contribution in [0.15, 0.2) is 48.5 Å². The van der Waals surface area contributed by atoms with Crippen LogP contribution in [0.3, 0.4) is 0 Å². The molecule has 2 amide bonds. The van der Waals surface area contributed by atoms with Gasteiger partial charge < -0.3 is 11.1 Å². The Balaban J connectivity index is 1.81. The van der Waals surface area contributed by atoms with Crippen LogP contribution in [0.1, 0.15) is 21.5 Å². The molecule has 0 atom stereocenters. The summed E-state index contributed by atoms with van der Waals surface area (Å²) in [4.78, 5) is 22.6. The summed E-state index contributed by atoms with van der Waals surface area (Å²) in [5.41, 5.74) is 7.03. The molecule has 116 valence electrons. The first-order valence-electron chi connectivity index (χ1n) is 6.94. The summed E-state index contributed by atoms with van der Waals surface area (Å²) >= 11 is 0. The van der Waals surface area contributed by atoms with Crippen LogP contribution >= 0.6 is 0 Å². The number of halogens is 1. The van der Waals surface area contributed by atoms with Crippen LogP contribution in [-0.2, 0) is 11.2 Å². The van der Waals surface area contributed by atoms with Crippen molar-refractivity contribution in [2.75, 3.05) is 6.54 Å². The van der Waals surface area contributed by atoms with E-state index in [1.54, 1.807) is 36.4 Å². The third-order valence-corrected chi connectivity index (χ3v) is 3.05. The smallest absolute Gasteiger partial charge is 0.248 e. The van der Waals surface area contributed by atoms with E-state index in [1.165, 1.54) is 12.1 Å². The number of carbonyl (C=O) groups excluding carboxylic acids is 2. The van der Waals surface area contributed by atoms with Crippen LogP contribution in [0.5, 0.6) is 0 Å². The van der Waals surface area contributed by atoms with E-state index in [1.807, 2.05) is 0 Å². The zero-order chi connectivity index (χ0) is 16.7. The number of nitrogens with one attached hydrogen (secondary N) is 1. The van der Waals surface area contributed by atoms with Gasteiger partial charge in [0.15, 0.2) is 0 Å². The molecule has 2 aromatic rings. The van der Waals surface area contributed by atoms with Gasteiger partial charge in [-0.15, -0.1) is 0 Å². The van der Waals surface area contributed by atoms with Crippen molar-refractivity contribution in [1.29, 1.82) is 0 Å². The molecule has 0 aliphatic heterocycles. The highest BCUT2D eigenvalue weighted by Crippen LogP contribution is 2.03.